The number of hydrogen-bond acceptors (Lipinski definition) is 6. The molecule has 4 rings (SSSR count). The Labute approximate surface area is 177 Å². The van der Waals surface area contributed by atoms with Crippen LogP contribution in [0.2, 0.25) is 0 Å². The Bertz CT molecular complexity index is 1110. The van der Waals surface area contributed by atoms with Crippen molar-refractivity contribution in [3.63, 3.8) is 0 Å². The van der Waals surface area contributed by atoms with Crippen molar-refractivity contribution >= 4 is 46.2 Å². The van der Waals surface area contributed by atoms with E-state index in [4.69, 9.17) is 9.15 Å². The normalized spacial score (nSPS) is 16.5. The molecule has 1 aliphatic heterocycles. The largest absolute Gasteiger partial charge is 0.459 e. The summed E-state index contributed by atoms with van der Waals surface area (Å²) in [6.45, 7) is 3.19. The monoisotopic (exact) mass is 424 g/mol. The van der Waals surface area contributed by atoms with E-state index in [2.05, 4.69) is 10.6 Å². The van der Waals surface area contributed by atoms with Crippen molar-refractivity contribution in [1.29, 1.82) is 0 Å². The first-order valence-corrected chi connectivity index (χ1v) is 10.3. The van der Waals surface area contributed by atoms with Gasteiger partial charge in [-0.25, -0.2) is 4.79 Å². The van der Waals surface area contributed by atoms with Gasteiger partial charge in [0.25, 0.3) is 5.91 Å². The van der Waals surface area contributed by atoms with E-state index in [1.54, 1.807) is 25.1 Å². The predicted molar refractivity (Wildman–Crippen MR) is 113 cm³/mol. The maximum atomic E-state index is 12.3. The highest BCUT2D eigenvalue weighted by atomic mass is 32.2. The van der Waals surface area contributed by atoms with Gasteiger partial charge in [0, 0.05) is 10.3 Å². The van der Waals surface area contributed by atoms with Gasteiger partial charge >= 0.3 is 5.97 Å². The average Bonchev–Trinajstić information content (AvgIpc) is 3.17. The number of furan rings is 1. The van der Waals surface area contributed by atoms with Crippen LogP contribution in [0.3, 0.4) is 0 Å². The van der Waals surface area contributed by atoms with E-state index in [0.29, 0.717) is 11.4 Å². The van der Waals surface area contributed by atoms with E-state index in [9.17, 15) is 14.4 Å². The highest BCUT2D eigenvalue weighted by Gasteiger charge is 2.24. The van der Waals surface area contributed by atoms with Gasteiger partial charge in [-0.1, -0.05) is 18.2 Å². The summed E-state index contributed by atoms with van der Waals surface area (Å²) in [5.74, 6) is -0.570. The average molecular weight is 424 g/mol. The fourth-order valence-electron chi connectivity index (χ4n) is 3.12. The number of ether oxygens (including phenoxy) is 1. The van der Waals surface area contributed by atoms with Gasteiger partial charge in [0.15, 0.2) is 6.61 Å². The van der Waals surface area contributed by atoms with E-state index in [1.165, 1.54) is 11.8 Å². The van der Waals surface area contributed by atoms with Gasteiger partial charge in [-0.3, -0.25) is 9.59 Å². The Kier molecular flexibility index (Phi) is 5.50. The lowest BCUT2D eigenvalue weighted by Gasteiger charge is -2.21. The van der Waals surface area contributed by atoms with Crippen molar-refractivity contribution < 1.29 is 23.5 Å². The van der Waals surface area contributed by atoms with E-state index >= 15 is 0 Å². The first kappa shape index (κ1) is 20.0. The van der Waals surface area contributed by atoms with E-state index in [-0.39, 0.29) is 22.8 Å². The third-order valence-electron chi connectivity index (χ3n) is 4.73. The van der Waals surface area contributed by atoms with Gasteiger partial charge in [-0.05, 0) is 44.2 Å². The van der Waals surface area contributed by atoms with Crippen LogP contribution >= 0.6 is 11.8 Å². The number of hydrogen-bond donors (Lipinski definition) is 2. The number of thioether (sulfide) groups is 1. The second-order valence-electron chi connectivity index (χ2n) is 7.01. The lowest BCUT2D eigenvalue weighted by molar-refractivity contribution is -0.125. The molecule has 1 aromatic heterocycles. The van der Waals surface area contributed by atoms with Crippen molar-refractivity contribution in [2.24, 2.45) is 0 Å². The summed E-state index contributed by atoms with van der Waals surface area (Å²) in [6, 6.07) is 14.0. The predicted octanol–water partition coefficient (Wildman–Crippen LogP) is 3.90. The van der Waals surface area contributed by atoms with Crippen molar-refractivity contribution in [2.75, 3.05) is 11.9 Å². The molecular weight excluding hydrogens is 404 g/mol. The minimum atomic E-state index is -0.637. The first-order valence-electron chi connectivity index (χ1n) is 9.47. The molecule has 2 heterocycles. The van der Waals surface area contributed by atoms with E-state index in [0.717, 1.165) is 15.9 Å². The SMILES string of the molecule is C[C@H](NC(=O)COC(=O)c1ccc2c(c1)NC(=O)[C@@H](C)S2)c1cc2ccccc2o1. The molecule has 3 aromatic rings. The molecule has 1 aliphatic rings. The Morgan fingerprint density at radius 2 is 2.03 bits per heavy atom. The van der Waals surface area contributed by atoms with Crippen molar-refractivity contribution in [1.82, 2.24) is 5.32 Å². The molecule has 0 bridgehead atoms. The van der Waals surface area contributed by atoms with Crippen LogP contribution in [-0.4, -0.2) is 29.6 Å². The van der Waals surface area contributed by atoms with Crippen molar-refractivity contribution in [2.45, 2.75) is 30.0 Å². The summed E-state index contributed by atoms with van der Waals surface area (Å²) >= 11 is 1.43. The van der Waals surface area contributed by atoms with Crippen molar-refractivity contribution in [3.05, 3.63) is 59.9 Å². The summed E-state index contributed by atoms with van der Waals surface area (Å²) in [5, 5.41) is 6.29. The van der Waals surface area contributed by atoms with Crippen LogP contribution in [0.25, 0.3) is 11.0 Å². The number of esters is 1. The molecule has 0 fully saturated rings. The molecule has 2 N–H and O–H groups in total. The van der Waals surface area contributed by atoms with Crippen LogP contribution in [0, 0.1) is 0 Å². The zero-order valence-electron chi connectivity index (χ0n) is 16.4. The van der Waals surface area contributed by atoms with Gasteiger partial charge in [0.05, 0.1) is 22.5 Å². The molecule has 7 nitrogen and oxygen atoms in total. The number of anilines is 1. The second kappa shape index (κ2) is 8.23. The molecule has 0 aliphatic carbocycles. The Hall–Kier alpha value is -3.26. The number of para-hydroxylation sites is 1. The number of nitrogens with one attached hydrogen (secondary N) is 2. The number of amides is 2. The minimum Gasteiger partial charge on any atom is -0.459 e. The number of carbonyl (C=O) groups excluding carboxylic acids is 3. The molecule has 2 aromatic carbocycles. The molecular formula is C22H20N2O5S. The van der Waals surface area contributed by atoms with Crippen molar-refractivity contribution in [3.8, 4) is 0 Å². The van der Waals surface area contributed by atoms with Gasteiger partial charge in [-0.2, -0.15) is 0 Å². The maximum absolute atomic E-state index is 12.3. The number of fused-ring (bicyclic) bond motifs is 2. The highest BCUT2D eigenvalue weighted by molar-refractivity contribution is 8.00. The Morgan fingerprint density at radius 3 is 2.83 bits per heavy atom. The van der Waals surface area contributed by atoms with Gasteiger partial charge in [0.2, 0.25) is 5.91 Å². The number of rotatable bonds is 5. The van der Waals surface area contributed by atoms with E-state index < -0.39 is 18.5 Å². The summed E-state index contributed by atoms with van der Waals surface area (Å²) in [5.41, 5.74) is 1.58. The fourth-order valence-corrected chi connectivity index (χ4v) is 4.05. The Balaban J connectivity index is 1.34. The fraction of sp³-hybridized carbons (Fsp3) is 0.227. The van der Waals surface area contributed by atoms with Crippen LogP contribution < -0.4 is 10.6 Å². The van der Waals surface area contributed by atoms with Crippen LogP contribution in [0.1, 0.15) is 36.0 Å². The van der Waals surface area contributed by atoms with Crippen LogP contribution in [0.15, 0.2) is 57.8 Å². The summed E-state index contributed by atoms with van der Waals surface area (Å²) in [4.78, 5) is 37.2. The Morgan fingerprint density at radius 1 is 1.23 bits per heavy atom. The summed E-state index contributed by atoms with van der Waals surface area (Å²) < 4.78 is 10.9. The third kappa shape index (κ3) is 4.18. The van der Waals surface area contributed by atoms with Gasteiger partial charge in [-0.15, -0.1) is 11.8 Å². The topological polar surface area (TPSA) is 97.6 Å². The molecule has 0 radical (unpaired) electrons. The summed E-state index contributed by atoms with van der Waals surface area (Å²) in [6.07, 6.45) is 0. The smallest absolute Gasteiger partial charge is 0.338 e. The summed E-state index contributed by atoms with van der Waals surface area (Å²) in [7, 11) is 0. The minimum absolute atomic E-state index is 0.114. The second-order valence-corrected chi connectivity index (χ2v) is 8.39. The standard InChI is InChI=1S/C22H20N2O5S/c1-12(18-10-14-5-3-4-6-17(14)29-18)23-20(25)11-28-22(27)15-7-8-19-16(9-15)24-21(26)13(2)30-19/h3-10,12-13H,11H2,1-2H3,(H,23,25)(H,24,26)/t12-,13+/m0/s1. The number of benzene rings is 2. The zero-order valence-corrected chi connectivity index (χ0v) is 17.2. The molecule has 0 saturated heterocycles. The zero-order chi connectivity index (χ0) is 21.3. The lowest BCUT2D eigenvalue weighted by atomic mass is 10.2. The van der Waals surface area contributed by atoms with Gasteiger partial charge in [0.1, 0.15) is 11.3 Å². The quantitative estimate of drug-likeness (QED) is 0.603. The first-order chi connectivity index (χ1) is 14.4. The molecule has 0 unspecified atom stereocenters. The molecule has 154 valence electrons. The number of carbonyl (C=O) groups is 3. The third-order valence-corrected chi connectivity index (χ3v) is 5.91. The maximum Gasteiger partial charge on any atom is 0.338 e. The highest BCUT2D eigenvalue weighted by Crippen LogP contribution is 2.36. The van der Waals surface area contributed by atoms with E-state index in [1.807, 2.05) is 37.3 Å². The lowest BCUT2D eigenvalue weighted by Crippen LogP contribution is -2.31. The van der Waals surface area contributed by atoms with Crippen LogP contribution in [0.5, 0.6) is 0 Å². The van der Waals surface area contributed by atoms with Gasteiger partial charge < -0.3 is 19.8 Å². The molecule has 2 amide bonds. The van der Waals surface area contributed by atoms with Crippen LogP contribution in [-0.2, 0) is 14.3 Å². The molecule has 8 heteroatoms. The molecule has 0 saturated carbocycles. The molecule has 30 heavy (non-hydrogen) atoms. The molecule has 2 atom stereocenters. The van der Waals surface area contributed by atoms with Crippen LogP contribution in [0.4, 0.5) is 5.69 Å². The molecule has 0 spiro atoms.